The van der Waals surface area contributed by atoms with Crippen molar-refractivity contribution in [3.05, 3.63) is 0 Å². The van der Waals surface area contributed by atoms with Crippen molar-refractivity contribution in [1.82, 2.24) is 10.2 Å². The van der Waals surface area contributed by atoms with Crippen molar-refractivity contribution >= 4 is 11.8 Å². The standard InChI is InChI=1S/C17H32N2O2/c1-12(2)10-19(11-13(3)4)17(21)16(20)18-15-9-7-6-8-14(15)5/h12-15H,6-11H2,1-5H3,(H,18,20). The normalized spacial score (nSPS) is 22.4. The smallest absolute Gasteiger partial charge is 0.311 e. The molecule has 0 heterocycles. The van der Waals surface area contributed by atoms with Crippen LogP contribution in [0.3, 0.4) is 0 Å². The minimum absolute atomic E-state index is 0.162. The van der Waals surface area contributed by atoms with Gasteiger partial charge in [-0.15, -0.1) is 0 Å². The molecule has 0 aliphatic heterocycles. The van der Waals surface area contributed by atoms with Gasteiger partial charge in [0.1, 0.15) is 0 Å². The van der Waals surface area contributed by atoms with E-state index < -0.39 is 5.91 Å². The zero-order valence-electron chi connectivity index (χ0n) is 14.3. The fourth-order valence-electron chi connectivity index (χ4n) is 3.03. The molecule has 1 aliphatic carbocycles. The van der Waals surface area contributed by atoms with Gasteiger partial charge in [-0.05, 0) is 30.6 Å². The highest BCUT2D eigenvalue weighted by molar-refractivity contribution is 6.35. The van der Waals surface area contributed by atoms with Crippen molar-refractivity contribution in [2.75, 3.05) is 13.1 Å². The molecule has 21 heavy (non-hydrogen) atoms. The van der Waals surface area contributed by atoms with E-state index in [1.54, 1.807) is 4.90 Å². The van der Waals surface area contributed by atoms with Crippen LogP contribution in [-0.4, -0.2) is 35.8 Å². The summed E-state index contributed by atoms with van der Waals surface area (Å²) in [6.07, 6.45) is 4.51. The maximum atomic E-state index is 12.4. The minimum atomic E-state index is -0.421. The molecule has 2 atom stereocenters. The summed E-state index contributed by atoms with van der Waals surface area (Å²) in [5.74, 6) is 0.424. The zero-order valence-corrected chi connectivity index (χ0v) is 14.3. The molecule has 0 radical (unpaired) electrons. The lowest BCUT2D eigenvalue weighted by molar-refractivity contribution is -0.147. The first-order valence-corrected chi connectivity index (χ1v) is 8.41. The number of nitrogens with one attached hydrogen (secondary N) is 1. The van der Waals surface area contributed by atoms with Gasteiger partial charge in [0.25, 0.3) is 0 Å². The topological polar surface area (TPSA) is 49.4 Å². The van der Waals surface area contributed by atoms with Gasteiger partial charge >= 0.3 is 11.8 Å². The maximum absolute atomic E-state index is 12.4. The lowest BCUT2D eigenvalue weighted by Crippen LogP contribution is -2.50. The lowest BCUT2D eigenvalue weighted by Gasteiger charge is -2.31. The number of nitrogens with zero attached hydrogens (tertiary/aromatic N) is 1. The van der Waals surface area contributed by atoms with Crippen LogP contribution >= 0.6 is 0 Å². The third kappa shape index (κ3) is 6.06. The molecule has 122 valence electrons. The van der Waals surface area contributed by atoms with Gasteiger partial charge in [0.2, 0.25) is 0 Å². The van der Waals surface area contributed by atoms with Gasteiger partial charge in [0.05, 0.1) is 0 Å². The molecule has 0 bridgehead atoms. The van der Waals surface area contributed by atoms with Crippen LogP contribution in [0.1, 0.15) is 60.3 Å². The quantitative estimate of drug-likeness (QED) is 0.793. The number of hydrogen-bond acceptors (Lipinski definition) is 2. The van der Waals surface area contributed by atoms with E-state index in [1.165, 1.54) is 6.42 Å². The summed E-state index contributed by atoms with van der Waals surface area (Å²) in [7, 11) is 0. The molecule has 1 saturated carbocycles. The number of hydrogen-bond donors (Lipinski definition) is 1. The molecule has 0 spiro atoms. The molecule has 2 unspecified atom stereocenters. The first-order chi connectivity index (χ1) is 9.81. The van der Waals surface area contributed by atoms with E-state index in [0.29, 0.717) is 30.8 Å². The summed E-state index contributed by atoms with van der Waals surface area (Å²) in [6, 6.07) is 0.162. The maximum Gasteiger partial charge on any atom is 0.311 e. The molecule has 1 rings (SSSR count). The monoisotopic (exact) mass is 296 g/mol. The molecule has 1 fully saturated rings. The summed E-state index contributed by atoms with van der Waals surface area (Å²) in [5.41, 5.74) is 0. The van der Waals surface area contributed by atoms with Gasteiger partial charge in [-0.1, -0.05) is 47.5 Å². The molecular formula is C17H32N2O2. The van der Waals surface area contributed by atoms with Crippen LogP contribution in [0.2, 0.25) is 0 Å². The van der Waals surface area contributed by atoms with Crippen molar-refractivity contribution < 1.29 is 9.59 Å². The highest BCUT2D eigenvalue weighted by Gasteiger charge is 2.28. The highest BCUT2D eigenvalue weighted by Crippen LogP contribution is 2.23. The average Bonchev–Trinajstić information content (AvgIpc) is 2.38. The van der Waals surface area contributed by atoms with E-state index in [4.69, 9.17) is 0 Å². The number of amides is 2. The van der Waals surface area contributed by atoms with Crippen LogP contribution < -0.4 is 5.32 Å². The van der Waals surface area contributed by atoms with Gasteiger partial charge in [0.15, 0.2) is 0 Å². The molecule has 4 nitrogen and oxygen atoms in total. The molecular weight excluding hydrogens is 264 g/mol. The Morgan fingerprint density at radius 1 is 1.05 bits per heavy atom. The van der Waals surface area contributed by atoms with Crippen molar-refractivity contribution in [3.63, 3.8) is 0 Å². The predicted molar refractivity (Wildman–Crippen MR) is 85.8 cm³/mol. The first-order valence-electron chi connectivity index (χ1n) is 8.41. The second-order valence-corrected chi connectivity index (χ2v) is 7.34. The Bertz CT molecular complexity index is 343. The molecule has 4 heteroatoms. The fraction of sp³-hybridized carbons (Fsp3) is 0.882. The van der Waals surface area contributed by atoms with E-state index in [1.807, 2.05) is 0 Å². The Labute approximate surface area is 129 Å². The molecule has 0 aromatic rings. The summed E-state index contributed by atoms with van der Waals surface area (Å²) in [5, 5.41) is 2.97. The Balaban J connectivity index is 2.61. The Morgan fingerprint density at radius 2 is 1.57 bits per heavy atom. The van der Waals surface area contributed by atoms with Crippen LogP contribution in [0.5, 0.6) is 0 Å². The van der Waals surface area contributed by atoms with Crippen LogP contribution in [-0.2, 0) is 9.59 Å². The zero-order chi connectivity index (χ0) is 16.0. The number of carbonyl (C=O) groups is 2. The van der Waals surface area contributed by atoms with Crippen molar-refractivity contribution in [2.45, 2.75) is 66.3 Å². The van der Waals surface area contributed by atoms with Gasteiger partial charge in [-0.25, -0.2) is 0 Å². The van der Waals surface area contributed by atoms with Gasteiger partial charge in [0, 0.05) is 19.1 Å². The fourth-order valence-corrected chi connectivity index (χ4v) is 3.03. The van der Waals surface area contributed by atoms with Gasteiger partial charge in [-0.2, -0.15) is 0 Å². The second kappa shape index (κ2) is 8.40. The van der Waals surface area contributed by atoms with E-state index in [2.05, 4.69) is 39.9 Å². The van der Waals surface area contributed by atoms with E-state index in [9.17, 15) is 9.59 Å². The van der Waals surface area contributed by atoms with Crippen LogP contribution in [0.25, 0.3) is 0 Å². The van der Waals surface area contributed by atoms with Crippen LogP contribution in [0, 0.1) is 17.8 Å². The van der Waals surface area contributed by atoms with E-state index in [0.717, 1.165) is 19.3 Å². The summed E-state index contributed by atoms with van der Waals surface area (Å²) < 4.78 is 0. The predicted octanol–water partition coefficient (Wildman–Crippen LogP) is 2.82. The SMILES string of the molecule is CC(C)CN(CC(C)C)C(=O)C(=O)NC1CCCCC1C. The molecule has 1 aliphatic rings. The molecule has 0 aromatic carbocycles. The second-order valence-electron chi connectivity index (χ2n) is 7.34. The van der Waals surface area contributed by atoms with Gasteiger partial charge < -0.3 is 10.2 Å². The highest BCUT2D eigenvalue weighted by atomic mass is 16.2. The van der Waals surface area contributed by atoms with Crippen LogP contribution in [0.15, 0.2) is 0 Å². The lowest BCUT2D eigenvalue weighted by atomic mass is 9.86. The average molecular weight is 296 g/mol. The Hall–Kier alpha value is -1.06. The number of rotatable bonds is 5. The summed E-state index contributed by atoms with van der Waals surface area (Å²) in [6.45, 7) is 11.7. The molecule has 0 saturated heterocycles. The summed E-state index contributed by atoms with van der Waals surface area (Å²) >= 11 is 0. The van der Waals surface area contributed by atoms with E-state index in [-0.39, 0.29) is 11.9 Å². The van der Waals surface area contributed by atoms with Crippen molar-refractivity contribution in [2.24, 2.45) is 17.8 Å². The molecule has 2 amide bonds. The minimum Gasteiger partial charge on any atom is -0.345 e. The largest absolute Gasteiger partial charge is 0.345 e. The van der Waals surface area contributed by atoms with Crippen LogP contribution in [0.4, 0.5) is 0 Å². The first kappa shape index (κ1) is 18.0. The number of carbonyl (C=O) groups excluding carboxylic acids is 2. The van der Waals surface area contributed by atoms with Gasteiger partial charge in [-0.3, -0.25) is 9.59 Å². The Morgan fingerprint density at radius 3 is 2.05 bits per heavy atom. The molecule has 0 aromatic heterocycles. The van der Waals surface area contributed by atoms with Crippen molar-refractivity contribution in [3.8, 4) is 0 Å². The third-order valence-electron chi connectivity index (χ3n) is 4.08. The molecule has 1 N–H and O–H groups in total. The third-order valence-corrected chi connectivity index (χ3v) is 4.08. The summed E-state index contributed by atoms with van der Waals surface area (Å²) in [4.78, 5) is 26.4. The van der Waals surface area contributed by atoms with E-state index >= 15 is 0 Å². The Kier molecular flexibility index (Phi) is 7.20. The van der Waals surface area contributed by atoms with Crippen molar-refractivity contribution in [1.29, 1.82) is 0 Å².